The maximum atomic E-state index is 4.21. The average Bonchev–Trinajstić information content (AvgIpc) is 3.14. The lowest BCUT2D eigenvalue weighted by Gasteiger charge is -2.04. The summed E-state index contributed by atoms with van der Waals surface area (Å²) in [6.07, 6.45) is 3.95. The van der Waals surface area contributed by atoms with Crippen LogP contribution < -0.4 is 5.32 Å². The summed E-state index contributed by atoms with van der Waals surface area (Å²) < 4.78 is 2.00. The van der Waals surface area contributed by atoms with Gasteiger partial charge < -0.3 is 10.3 Å². The van der Waals surface area contributed by atoms with Crippen LogP contribution in [-0.2, 0) is 13.1 Å². The fourth-order valence-corrected chi connectivity index (χ4v) is 2.54. The molecule has 3 aromatic heterocycles. The van der Waals surface area contributed by atoms with Crippen LogP contribution in [0.3, 0.4) is 0 Å². The Balaban J connectivity index is 1.47. The number of hydrogen-bond donors (Lipinski definition) is 2. The van der Waals surface area contributed by atoms with Gasteiger partial charge in [0.05, 0.1) is 6.54 Å². The monoisotopic (exact) mass is 277 g/mol. The lowest BCUT2D eigenvalue weighted by atomic mass is 10.1. The van der Waals surface area contributed by atoms with Gasteiger partial charge in [0.25, 0.3) is 0 Å². The molecular formula is C16H15N5. The molecule has 0 saturated carbocycles. The smallest absolute Gasteiger partial charge is 0.160 e. The van der Waals surface area contributed by atoms with Crippen LogP contribution in [0.1, 0.15) is 11.4 Å². The molecule has 5 nitrogen and oxygen atoms in total. The highest BCUT2D eigenvalue weighted by Gasteiger charge is 2.04. The highest BCUT2D eigenvalue weighted by molar-refractivity contribution is 5.79. The van der Waals surface area contributed by atoms with Gasteiger partial charge in [0.1, 0.15) is 0 Å². The van der Waals surface area contributed by atoms with E-state index in [1.165, 1.54) is 16.5 Å². The van der Waals surface area contributed by atoms with E-state index in [9.17, 15) is 0 Å². The maximum absolute atomic E-state index is 4.21. The SMILES string of the molecule is c1ccn2c(CNCc3ccc4cc[nH]c4c3)nnc2c1. The van der Waals surface area contributed by atoms with Gasteiger partial charge >= 0.3 is 0 Å². The maximum Gasteiger partial charge on any atom is 0.160 e. The van der Waals surface area contributed by atoms with Crippen LogP contribution in [0.5, 0.6) is 0 Å². The molecule has 0 aliphatic heterocycles. The first-order valence-electron chi connectivity index (χ1n) is 6.95. The Morgan fingerprint density at radius 1 is 1.05 bits per heavy atom. The van der Waals surface area contributed by atoms with Crippen molar-refractivity contribution in [2.45, 2.75) is 13.1 Å². The third-order valence-electron chi connectivity index (χ3n) is 3.62. The van der Waals surface area contributed by atoms with Gasteiger partial charge in [0, 0.05) is 24.5 Å². The topological polar surface area (TPSA) is 58.0 Å². The first-order chi connectivity index (χ1) is 10.4. The third-order valence-corrected chi connectivity index (χ3v) is 3.62. The van der Waals surface area contributed by atoms with E-state index >= 15 is 0 Å². The molecule has 2 N–H and O–H groups in total. The van der Waals surface area contributed by atoms with E-state index in [0.717, 1.165) is 18.0 Å². The van der Waals surface area contributed by atoms with Gasteiger partial charge in [0.15, 0.2) is 11.5 Å². The van der Waals surface area contributed by atoms with E-state index in [1.54, 1.807) is 0 Å². The second-order valence-corrected chi connectivity index (χ2v) is 5.05. The van der Waals surface area contributed by atoms with Gasteiger partial charge in [-0.2, -0.15) is 0 Å². The minimum absolute atomic E-state index is 0.688. The molecular weight excluding hydrogens is 262 g/mol. The standard InChI is InChI=1S/C16H15N5/c1-2-8-21-15(3-1)19-20-16(21)11-17-10-12-4-5-13-6-7-18-14(13)9-12/h1-9,17-18H,10-11H2. The molecule has 4 aromatic rings. The van der Waals surface area contributed by atoms with Gasteiger partial charge in [-0.1, -0.05) is 18.2 Å². The number of aromatic amines is 1. The number of nitrogens with zero attached hydrogens (tertiary/aromatic N) is 3. The molecule has 0 spiro atoms. The molecule has 104 valence electrons. The van der Waals surface area contributed by atoms with Crippen LogP contribution in [0.25, 0.3) is 16.6 Å². The van der Waals surface area contributed by atoms with Gasteiger partial charge in [-0.05, 0) is 35.2 Å². The quantitative estimate of drug-likeness (QED) is 0.602. The number of fused-ring (bicyclic) bond motifs is 2. The van der Waals surface area contributed by atoms with E-state index in [-0.39, 0.29) is 0 Å². The van der Waals surface area contributed by atoms with Gasteiger partial charge in [-0.15, -0.1) is 10.2 Å². The van der Waals surface area contributed by atoms with Crippen molar-refractivity contribution in [3.63, 3.8) is 0 Å². The van der Waals surface area contributed by atoms with Crippen LogP contribution in [-0.4, -0.2) is 19.6 Å². The highest BCUT2D eigenvalue weighted by atomic mass is 15.3. The minimum atomic E-state index is 0.688. The van der Waals surface area contributed by atoms with Crippen LogP contribution in [0.4, 0.5) is 0 Å². The molecule has 3 heterocycles. The first-order valence-corrected chi connectivity index (χ1v) is 6.95. The fourth-order valence-electron chi connectivity index (χ4n) is 2.54. The minimum Gasteiger partial charge on any atom is -0.361 e. The predicted octanol–water partition coefficient (Wildman–Crippen LogP) is 2.50. The van der Waals surface area contributed by atoms with Gasteiger partial charge in [-0.3, -0.25) is 4.40 Å². The van der Waals surface area contributed by atoms with E-state index in [0.29, 0.717) is 6.54 Å². The molecule has 0 saturated heterocycles. The van der Waals surface area contributed by atoms with E-state index in [2.05, 4.69) is 44.8 Å². The predicted molar refractivity (Wildman–Crippen MR) is 81.8 cm³/mol. The third kappa shape index (κ3) is 2.28. The number of aromatic nitrogens is 4. The number of hydrogen-bond acceptors (Lipinski definition) is 3. The van der Waals surface area contributed by atoms with Gasteiger partial charge in [-0.25, -0.2) is 0 Å². The molecule has 0 unspecified atom stereocenters. The summed E-state index contributed by atoms with van der Waals surface area (Å²) in [5.41, 5.74) is 3.29. The summed E-state index contributed by atoms with van der Waals surface area (Å²) in [4.78, 5) is 3.23. The Bertz CT molecular complexity index is 890. The van der Waals surface area contributed by atoms with E-state index in [1.807, 2.05) is 35.0 Å². The molecule has 5 heteroatoms. The number of H-pyrrole nitrogens is 1. The molecule has 0 amide bonds. The molecule has 0 atom stereocenters. The Morgan fingerprint density at radius 3 is 3.05 bits per heavy atom. The van der Waals surface area contributed by atoms with Crippen molar-refractivity contribution in [1.29, 1.82) is 0 Å². The van der Waals surface area contributed by atoms with Crippen molar-refractivity contribution < 1.29 is 0 Å². The summed E-state index contributed by atoms with van der Waals surface area (Å²) in [5.74, 6) is 0.923. The summed E-state index contributed by atoms with van der Waals surface area (Å²) >= 11 is 0. The molecule has 1 aromatic carbocycles. The number of nitrogens with one attached hydrogen (secondary N) is 2. The second kappa shape index (κ2) is 5.03. The Hall–Kier alpha value is -2.66. The summed E-state index contributed by atoms with van der Waals surface area (Å²) in [6, 6.07) is 14.4. The molecule has 0 aliphatic rings. The van der Waals surface area contributed by atoms with Crippen LogP contribution in [0, 0.1) is 0 Å². The van der Waals surface area contributed by atoms with Crippen molar-refractivity contribution in [1.82, 2.24) is 24.9 Å². The zero-order chi connectivity index (χ0) is 14.1. The summed E-state index contributed by atoms with van der Waals surface area (Å²) in [5, 5.41) is 13.0. The van der Waals surface area contributed by atoms with Crippen LogP contribution in [0.2, 0.25) is 0 Å². The van der Waals surface area contributed by atoms with Crippen molar-refractivity contribution in [3.05, 3.63) is 66.2 Å². The molecule has 0 radical (unpaired) electrons. The van der Waals surface area contributed by atoms with Crippen molar-refractivity contribution in [2.24, 2.45) is 0 Å². The second-order valence-electron chi connectivity index (χ2n) is 5.05. The molecule has 4 rings (SSSR count). The first kappa shape index (κ1) is 12.1. The van der Waals surface area contributed by atoms with Crippen molar-refractivity contribution in [2.75, 3.05) is 0 Å². The highest BCUT2D eigenvalue weighted by Crippen LogP contribution is 2.14. The normalized spacial score (nSPS) is 11.4. The van der Waals surface area contributed by atoms with E-state index in [4.69, 9.17) is 0 Å². The average molecular weight is 277 g/mol. The van der Waals surface area contributed by atoms with Crippen LogP contribution in [0.15, 0.2) is 54.9 Å². The van der Waals surface area contributed by atoms with E-state index < -0.39 is 0 Å². The largest absolute Gasteiger partial charge is 0.361 e. The number of pyridine rings is 1. The summed E-state index contributed by atoms with van der Waals surface area (Å²) in [7, 11) is 0. The Kier molecular flexibility index (Phi) is 2.90. The van der Waals surface area contributed by atoms with Gasteiger partial charge in [0.2, 0.25) is 0 Å². The summed E-state index contributed by atoms with van der Waals surface area (Å²) in [6.45, 7) is 1.49. The molecule has 21 heavy (non-hydrogen) atoms. The number of rotatable bonds is 4. The van der Waals surface area contributed by atoms with Crippen LogP contribution >= 0.6 is 0 Å². The lowest BCUT2D eigenvalue weighted by Crippen LogP contribution is -2.14. The van der Waals surface area contributed by atoms with Crippen molar-refractivity contribution >= 4 is 16.6 Å². The Morgan fingerprint density at radius 2 is 2.05 bits per heavy atom. The molecule has 0 aliphatic carbocycles. The molecule has 0 bridgehead atoms. The molecule has 0 fully saturated rings. The fraction of sp³-hybridized carbons (Fsp3) is 0.125. The number of benzene rings is 1. The lowest BCUT2D eigenvalue weighted by molar-refractivity contribution is 0.657. The zero-order valence-corrected chi connectivity index (χ0v) is 11.5. The van der Waals surface area contributed by atoms with Crippen molar-refractivity contribution in [3.8, 4) is 0 Å². The Labute approximate surface area is 121 Å². The zero-order valence-electron chi connectivity index (χ0n) is 11.5.